The van der Waals surface area contributed by atoms with Crippen LogP contribution in [0.25, 0.3) is 0 Å². The predicted molar refractivity (Wildman–Crippen MR) is 115 cm³/mol. The van der Waals surface area contributed by atoms with Crippen molar-refractivity contribution < 1.29 is 14.3 Å². The number of ketones is 1. The van der Waals surface area contributed by atoms with Crippen LogP contribution in [0.2, 0.25) is 5.02 Å². The molecule has 0 saturated carbocycles. The number of anilines is 1. The van der Waals surface area contributed by atoms with Crippen LogP contribution in [-0.4, -0.2) is 30.2 Å². The van der Waals surface area contributed by atoms with Crippen LogP contribution in [0, 0.1) is 0 Å². The quantitative estimate of drug-likeness (QED) is 0.588. The summed E-state index contributed by atoms with van der Waals surface area (Å²) in [5.74, 6) is 0.702. The lowest BCUT2D eigenvalue weighted by Gasteiger charge is -2.21. The molecule has 1 aliphatic heterocycles. The SMILES string of the molecule is O=C(CCC(=O)c1ccc(Cl)cc1)Nc1cccc(CSC2CCOCC2)c1. The Balaban J connectivity index is 1.45. The van der Waals surface area contributed by atoms with Crippen molar-refractivity contribution in [3.8, 4) is 0 Å². The van der Waals surface area contributed by atoms with Crippen LogP contribution in [0.15, 0.2) is 48.5 Å². The smallest absolute Gasteiger partial charge is 0.224 e. The molecule has 0 bridgehead atoms. The van der Waals surface area contributed by atoms with E-state index >= 15 is 0 Å². The number of benzene rings is 2. The Morgan fingerprint density at radius 2 is 1.82 bits per heavy atom. The largest absolute Gasteiger partial charge is 0.381 e. The molecule has 0 spiro atoms. The van der Waals surface area contributed by atoms with Gasteiger partial charge < -0.3 is 10.1 Å². The van der Waals surface area contributed by atoms with Gasteiger partial charge in [-0.25, -0.2) is 0 Å². The van der Waals surface area contributed by atoms with Crippen molar-refractivity contribution in [2.45, 2.75) is 36.7 Å². The number of hydrogen-bond donors (Lipinski definition) is 1. The first-order chi connectivity index (χ1) is 13.6. The van der Waals surface area contributed by atoms with E-state index in [0.29, 0.717) is 15.8 Å². The van der Waals surface area contributed by atoms with Gasteiger partial charge in [0.15, 0.2) is 5.78 Å². The Morgan fingerprint density at radius 1 is 1.07 bits per heavy atom. The van der Waals surface area contributed by atoms with Gasteiger partial charge in [-0.2, -0.15) is 11.8 Å². The van der Waals surface area contributed by atoms with Crippen molar-refractivity contribution >= 4 is 40.7 Å². The number of amides is 1. The Hall–Kier alpha value is -1.82. The molecule has 6 heteroatoms. The lowest BCUT2D eigenvalue weighted by molar-refractivity contribution is -0.116. The van der Waals surface area contributed by atoms with Crippen LogP contribution in [0.4, 0.5) is 5.69 Å². The third-order valence-corrected chi connectivity index (χ3v) is 6.30. The van der Waals surface area contributed by atoms with E-state index in [1.54, 1.807) is 24.3 Å². The Morgan fingerprint density at radius 3 is 2.57 bits per heavy atom. The summed E-state index contributed by atoms with van der Waals surface area (Å²) in [7, 11) is 0. The highest BCUT2D eigenvalue weighted by molar-refractivity contribution is 7.99. The highest BCUT2D eigenvalue weighted by atomic mass is 35.5. The molecular formula is C22H24ClNO3S. The van der Waals surface area contributed by atoms with Gasteiger partial charge in [-0.15, -0.1) is 0 Å². The monoisotopic (exact) mass is 417 g/mol. The molecule has 28 heavy (non-hydrogen) atoms. The fourth-order valence-electron chi connectivity index (χ4n) is 3.03. The van der Waals surface area contributed by atoms with Gasteiger partial charge in [0.05, 0.1) is 0 Å². The minimum absolute atomic E-state index is 0.0616. The first-order valence-corrected chi connectivity index (χ1v) is 10.9. The zero-order valence-electron chi connectivity index (χ0n) is 15.7. The minimum Gasteiger partial charge on any atom is -0.381 e. The third kappa shape index (κ3) is 6.66. The van der Waals surface area contributed by atoms with Gasteiger partial charge in [0.1, 0.15) is 0 Å². The lowest BCUT2D eigenvalue weighted by atomic mass is 10.1. The maximum atomic E-state index is 12.2. The molecule has 3 rings (SSSR count). The molecule has 0 aromatic heterocycles. The molecule has 148 valence electrons. The van der Waals surface area contributed by atoms with Gasteiger partial charge in [-0.05, 0) is 54.8 Å². The molecule has 1 aliphatic rings. The van der Waals surface area contributed by atoms with Gasteiger partial charge in [-0.1, -0.05) is 23.7 Å². The summed E-state index contributed by atoms with van der Waals surface area (Å²) in [6, 6.07) is 14.6. The maximum absolute atomic E-state index is 12.2. The molecule has 1 N–H and O–H groups in total. The molecule has 0 radical (unpaired) electrons. The Bertz CT molecular complexity index is 804. The van der Waals surface area contributed by atoms with Crippen molar-refractivity contribution in [3.63, 3.8) is 0 Å². The average Bonchev–Trinajstić information content (AvgIpc) is 2.72. The van der Waals surface area contributed by atoms with Crippen molar-refractivity contribution in [3.05, 3.63) is 64.7 Å². The number of carbonyl (C=O) groups excluding carboxylic acids is 2. The van der Waals surface area contributed by atoms with Gasteiger partial charge in [0.2, 0.25) is 5.91 Å². The van der Waals surface area contributed by atoms with E-state index in [4.69, 9.17) is 16.3 Å². The van der Waals surface area contributed by atoms with Crippen LogP contribution in [0.5, 0.6) is 0 Å². The van der Waals surface area contributed by atoms with Crippen LogP contribution in [0.1, 0.15) is 41.6 Å². The van der Waals surface area contributed by atoms with Crippen LogP contribution in [0.3, 0.4) is 0 Å². The second-order valence-electron chi connectivity index (χ2n) is 6.80. The molecule has 1 fully saturated rings. The number of ether oxygens (including phenoxy) is 1. The van der Waals surface area contributed by atoms with Crippen molar-refractivity contribution in [1.82, 2.24) is 0 Å². The number of nitrogens with one attached hydrogen (secondary N) is 1. The predicted octanol–water partition coefficient (Wildman–Crippen LogP) is 5.35. The third-order valence-electron chi connectivity index (χ3n) is 4.61. The number of halogens is 1. The van der Waals surface area contributed by atoms with Gasteiger partial charge in [0, 0.05) is 53.3 Å². The minimum atomic E-state index is -0.156. The fraction of sp³-hybridized carbons (Fsp3) is 0.364. The van der Waals surface area contributed by atoms with E-state index in [9.17, 15) is 9.59 Å². The second-order valence-corrected chi connectivity index (χ2v) is 8.53. The highest BCUT2D eigenvalue weighted by Crippen LogP contribution is 2.26. The summed E-state index contributed by atoms with van der Waals surface area (Å²) in [5, 5.41) is 4.13. The highest BCUT2D eigenvalue weighted by Gasteiger charge is 2.14. The van der Waals surface area contributed by atoms with Crippen LogP contribution in [-0.2, 0) is 15.3 Å². The summed E-state index contributed by atoms with van der Waals surface area (Å²) >= 11 is 7.77. The summed E-state index contributed by atoms with van der Waals surface area (Å²) < 4.78 is 5.40. The summed E-state index contributed by atoms with van der Waals surface area (Å²) in [4.78, 5) is 24.4. The van der Waals surface area contributed by atoms with Gasteiger partial charge >= 0.3 is 0 Å². The standard InChI is InChI=1S/C22H24ClNO3S/c23-18-6-4-17(5-7-18)21(25)8-9-22(26)24-19-3-1-2-16(14-19)15-28-20-10-12-27-13-11-20/h1-7,14,20H,8-13,15H2,(H,24,26). The van der Waals surface area contributed by atoms with E-state index in [0.717, 1.165) is 37.5 Å². The topological polar surface area (TPSA) is 55.4 Å². The van der Waals surface area contributed by atoms with E-state index in [1.807, 2.05) is 30.0 Å². The summed E-state index contributed by atoms with van der Waals surface area (Å²) in [6.07, 6.45) is 2.53. The molecule has 1 saturated heterocycles. The molecule has 0 aliphatic carbocycles. The Labute approximate surface area is 175 Å². The number of hydrogen-bond acceptors (Lipinski definition) is 4. The second kappa shape index (κ2) is 10.6. The molecular weight excluding hydrogens is 394 g/mol. The summed E-state index contributed by atoms with van der Waals surface area (Å²) in [6.45, 7) is 1.70. The Kier molecular flexibility index (Phi) is 7.95. The molecule has 2 aromatic rings. The van der Waals surface area contributed by atoms with E-state index in [-0.39, 0.29) is 24.5 Å². The van der Waals surface area contributed by atoms with Gasteiger partial charge in [0.25, 0.3) is 0 Å². The maximum Gasteiger partial charge on any atom is 0.224 e. The first kappa shape index (κ1) is 20.9. The average molecular weight is 418 g/mol. The van der Waals surface area contributed by atoms with E-state index in [1.165, 1.54) is 5.56 Å². The number of Topliss-reactive ketones (excluding diaryl/α,β-unsaturated/α-hetero) is 1. The summed E-state index contributed by atoms with van der Waals surface area (Å²) in [5.41, 5.74) is 2.53. The molecule has 2 aromatic carbocycles. The fourth-order valence-corrected chi connectivity index (χ4v) is 4.29. The van der Waals surface area contributed by atoms with Crippen molar-refractivity contribution in [1.29, 1.82) is 0 Å². The van der Waals surface area contributed by atoms with E-state index < -0.39 is 0 Å². The van der Waals surface area contributed by atoms with Crippen molar-refractivity contribution in [2.24, 2.45) is 0 Å². The zero-order chi connectivity index (χ0) is 19.8. The van der Waals surface area contributed by atoms with Crippen molar-refractivity contribution in [2.75, 3.05) is 18.5 Å². The van der Waals surface area contributed by atoms with Crippen LogP contribution < -0.4 is 5.32 Å². The lowest BCUT2D eigenvalue weighted by Crippen LogP contribution is -2.17. The molecule has 0 atom stereocenters. The zero-order valence-corrected chi connectivity index (χ0v) is 17.2. The van der Waals surface area contributed by atoms with Crippen LogP contribution >= 0.6 is 23.4 Å². The molecule has 0 unspecified atom stereocenters. The number of carbonyl (C=O) groups is 2. The normalized spacial score (nSPS) is 14.6. The number of rotatable bonds is 8. The molecule has 1 amide bonds. The first-order valence-electron chi connectivity index (χ1n) is 9.47. The number of thioether (sulfide) groups is 1. The molecule has 4 nitrogen and oxygen atoms in total. The van der Waals surface area contributed by atoms with E-state index in [2.05, 4.69) is 11.4 Å². The molecule has 1 heterocycles. The van der Waals surface area contributed by atoms with Gasteiger partial charge in [-0.3, -0.25) is 9.59 Å².